The number of amides is 1. The average molecular weight is 417 g/mol. The summed E-state index contributed by atoms with van der Waals surface area (Å²) in [4.78, 5) is 41.6. The molecule has 1 amide bonds. The Bertz CT molecular complexity index is 1210. The van der Waals surface area contributed by atoms with Crippen LogP contribution < -0.4 is 21.3 Å². The van der Waals surface area contributed by atoms with E-state index in [2.05, 4.69) is 10.3 Å². The summed E-state index contributed by atoms with van der Waals surface area (Å²) in [5.74, 6) is 0.443. The van der Waals surface area contributed by atoms with Crippen LogP contribution in [0.1, 0.15) is 12.5 Å². The summed E-state index contributed by atoms with van der Waals surface area (Å²) in [5, 5.41) is 3.35. The van der Waals surface area contributed by atoms with E-state index in [0.717, 1.165) is 10.1 Å². The molecule has 3 rings (SSSR count). The van der Waals surface area contributed by atoms with E-state index in [9.17, 15) is 14.4 Å². The highest BCUT2D eigenvalue weighted by molar-refractivity contribution is 7.99. The average Bonchev–Trinajstić information content (AvgIpc) is 3.08. The Labute approximate surface area is 171 Å². The molecule has 2 aromatic heterocycles. The second-order valence-corrected chi connectivity index (χ2v) is 7.50. The molecule has 9 nitrogen and oxygen atoms in total. The second-order valence-electron chi connectivity index (χ2n) is 6.56. The molecule has 0 radical (unpaired) electrons. The number of methoxy groups -OCH3 is 1. The van der Waals surface area contributed by atoms with Gasteiger partial charge >= 0.3 is 5.69 Å². The summed E-state index contributed by atoms with van der Waals surface area (Å²) in [5.41, 5.74) is 1.41. The number of carbonyl (C=O) groups excluding carboxylic acids is 1. The molecule has 0 unspecified atom stereocenters. The summed E-state index contributed by atoms with van der Waals surface area (Å²) in [7, 11) is 4.55. The van der Waals surface area contributed by atoms with Gasteiger partial charge in [-0.1, -0.05) is 17.8 Å². The maximum Gasteiger partial charge on any atom is 0.332 e. The molecule has 0 aliphatic rings. The third kappa shape index (κ3) is 3.80. The number of thioether (sulfide) groups is 1. The summed E-state index contributed by atoms with van der Waals surface area (Å²) < 4.78 is 9.40. The lowest BCUT2D eigenvalue weighted by molar-refractivity contribution is -0.113. The van der Waals surface area contributed by atoms with E-state index in [0.29, 0.717) is 34.3 Å². The van der Waals surface area contributed by atoms with Gasteiger partial charge in [0.15, 0.2) is 16.3 Å². The number of ether oxygens (including phenoxy) is 1. The van der Waals surface area contributed by atoms with Crippen molar-refractivity contribution in [3.63, 3.8) is 0 Å². The first-order valence-corrected chi connectivity index (χ1v) is 10.0. The van der Waals surface area contributed by atoms with E-state index >= 15 is 0 Å². The highest BCUT2D eigenvalue weighted by Crippen LogP contribution is 2.26. The fraction of sp³-hybridized carbons (Fsp3) is 0.368. The van der Waals surface area contributed by atoms with Gasteiger partial charge in [-0.25, -0.2) is 9.78 Å². The Balaban J connectivity index is 1.88. The number of nitrogens with one attached hydrogen (secondary N) is 1. The van der Waals surface area contributed by atoms with E-state index in [-0.39, 0.29) is 11.7 Å². The molecule has 1 aromatic carbocycles. The Morgan fingerprint density at radius 1 is 1.24 bits per heavy atom. The number of fused-ring (bicyclic) bond motifs is 1. The standard InChI is InChI=1S/C19H23N5O4S/c1-6-24-15-16(22(3)19(27)23(4)17(15)26)21-18(24)29-10-14(25)20-12-9-11(2)7-8-13(12)28-5/h7-9H,6,10H2,1-5H3,(H,20,25). The second kappa shape index (κ2) is 8.16. The van der Waals surface area contributed by atoms with Crippen LogP contribution in [0.4, 0.5) is 5.69 Å². The number of aryl methyl sites for hydroxylation is 3. The highest BCUT2D eigenvalue weighted by atomic mass is 32.2. The van der Waals surface area contributed by atoms with Crippen LogP contribution in [-0.4, -0.2) is 37.5 Å². The van der Waals surface area contributed by atoms with Crippen molar-refractivity contribution in [2.45, 2.75) is 25.5 Å². The lowest BCUT2D eigenvalue weighted by Crippen LogP contribution is -2.37. The molecule has 1 N–H and O–H groups in total. The van der Waals surface area contributed by atoms with Crippen molar-refractivity contribution < 1.29 is 9.53 Å². The normalized spacial score (nSPS) is 11.1. The molecule has 0 spiro atoms. The lowest BCUT2D eigenvalue weighted by Gasteiger charge is -2.11. The van der Waals surface area contributed by atoms with Gasteiger partial charge < -0.3 is 14.6 Å². The van der Waals surface area contributed by atoms with Crippen LogP contribution >= 0.6 is 11.8 Å². The molecule has 0 saturated heterocycles. The first-order chi connectivity index (χ1) is 13.8. The first kappa shape index (κ1) is 20.7. The number of carbonyl (C=O) groups is 1. The van der Waals surface area contributed by atoms with Gasteiger partial charge in [-0.3, -0.25) is 18.7 Å². The Morgan fingerprint density at radius 2 is 1.97 bits per heavy atom. The van der Waals surface area contributed by atoms with Crippen molar-refractivity contribution in [3.8, 4) is 5.75 Å². The highest BCUT2D eigenvalue weighted by Gasteiger charge is 2.19. The van der Waals surface area contributed by atoms with Crippen molar-refractivity contribution in [1.29, 1.82) is 0 Å². The minimum Gasteiger partial charge on any atom is -0.495 e. The molecule has 2 heterocycles. The third-order valence-corrected chi connectivity index (χ3v) is 5.57. The molecule has 0 atom stereocenters. The van der Waals surface area contributed by atoms with Gasteiger partial charge in [0.05, 0.1) is 18.6 Å². The number of rotatable bonds is 6. The van der Waals surface area contributed by atoms with Gasteiger partial charge in [-0.2, -0.15) is 0 Å². The number of anilines is 1. The minimum absolute atomic E-state index is 0.0919. The molecule has 154 valence electrons. The zero-order chi connectivity index (χ0) is 21.3. The van der Waals surface area contributed by atoms with Crippen molar-refractivity contribution in [3.05, 3.63) is 44.6 Å². The fourth-order valence-corrected chi connectivity index (χ4v) is 3.93. The van der Waals surface area contributed by atoms with Gasteiger partial charge in [0.25, 0.3) is 5.56 Å². The molecule has 0 aliphatic heterocycles. The lowest BCUT2D eigenvalue weighted by atomic mass is 10.2. The largest absolute Gasteiger partial charge is 0.495 e. The number of benzene rings is 1. The van der Waals surface area contributed by atoms with Crippen LogP contribution in [0, 0.1) is 6.92 Å². The van der Waals surface area contributed by atoms with Gasteiger partial charge in [-0.15, -0.1) is 0 Å². The molecule has 29 heavy (non-hydrogen) atoms. The molecule has 0 bridgehead atoms. The van der Waals surface area contributed by atoms with Crippen LogP contribution in [0.25, 0.3) is 11.2 Å². The van der Waals surface area contributed by atoms with Gasteiger partial charge in [0.2, 0.25) is 5.91 Å². The van der Waals surface area contributed by atoms with Crippen LogP contribution in [0.15, 0.2) is 32.9 Å². The summed E-state index contributed by atoms with van der Waals surface area (Å²) >= 11 is 1.21. The number of hydrogen-bond acceptors (Lipinski definition) is 6. The molecule has 10 heteroatoms. The number of nitrogens with zero attached hydrogens (tertiary/aromatic N) is 4. The predicted molar refractivity (Wildman–Crippen MR) is 113 cm³/mol. The van der Waals surface area contributed by atoms with E-state index in [4.69, 9.17) is 4.74 Å². The Morgan fingerprint density at radius 3 is 2.62 bits per heavy atom. The summed E-state index contributed by atoms with van der Waals surface area (Å²) in [6.45, 7) is 4.30. The number of imidazole rings is 1. The van der Waals surface area contributed by atoms with Crippen molar-refractivity contribution >= 4 is 34.5 Å². The Hall–Kier alpha value is -3.01. The SMILES string of the molecule is CCn1c(SCC(=O)Nc2cc(C)ccc2OC)nc2c1c(=O)n(C)c(=O)n2C. The van der Waals surface area contributed by atoms with Crippen molar-refractivity contribution in [2.24, 2.45) is 14.1 Å². The quantitative estimate of drug-likeness (QED) is 0.610. The van der Waals surface area contributed by atoms with Crippen LogP contribution in [0.5, 0.6) is 5.75 Å². The summed E-state index contributed by atoms with van der Waals surface area (Å²) in [6, 6.07) is 5.53. The molecule has 0 fully saturated rings. The van der Waals surface area contributed by atoms with E-state index < -0.39 is 11.2 Å². The minimum atomic E-state index is -0.441. The summed E-state index contributed by atoms with van der Waals surface area (Å²) in [6.07, 6.45) is 0. The topological polar surface area (TPSA) is 100 Å². The van der Waals surface area contributed by atoms with Gasteiger partial charge in [0.1, 0.15) is 5.75 Å². The molecule has 3 aromatic rings. The van der Waals surface area contributed by atoms with Crippen LogP contribution in [-0.2, 0) is 25.4 Å². The van der Waals surface area contributed by atoms with E-state index in [1.807, 2.05) is 26.0 Å². The first-order valence-electron chi connectivity index (χ1n) is 9.02. The van der Waals surface area contributed by atoms with Gasteiger partial charge in [0, 0.05) is 20.6 Å². The smallest absolute Gasteiger partial charge is 0.332 e. The number of hydrogen-bond donors (Lipinski definition) is 1. The number of aromatic nitrogens is 4. The van der Waals surface area contributed by atoms with Crippen LogP contribution in [0.2, 0.25) is 0 Å². The monoisotopic (exact) mass is 417 g/mol. The predicted octanol–water partition coefficient (Wildman–Crippen LogP) is 1.50. The van der Waals surface area contributed by atoms with Crippen molar-refractivity contribution in [1.82, 2.24) is 18.7 Å². The molecular formula is C19H23N5O4S. The maximum absolute atomic E-state index is 12.6. The fourth-order valence-electron chi connectivity index (χ4n) is 3.07. The molecular weight excluding hydrogens is 394 g/mol. The van der Waals surface area contributed by atoms with Crippen LogP contribution in [0.3, 0.4) is 0 Å². The third-order valence-electron chi connectivity index (χ3n) is 4.59. The zero-order valence-electron chi connectivity index (χ0n) is 17.0. The molecule has 0 aliphatic carbocycles. The van der Waals surface area contributed by atoms with E-state index in [1.165, 1.54) is 23.4 Å². The van der Waals surface area contributed by atoms with Crippen molar-refractivity contribution in [2.75, 3.05) is 18.2 Å². The Kier molecular flexibility index (Phi) is 5.83. The zero-order valence-corrected chi connectivity index (χ0v) is 17.8. The molecule has 0 saturated carbocycles. The maximum atomic E-state index is 12.6. The van der Waals surface area contributed by atoms with E-state index in [1.54, 1.807) is 24.8 Å². The van der Waals surface area contributed by atoms with Gasteiger partial charge in [-0.05, 0) is 31.5 Å².